The number of nitrogens with zero attached hydrogens (tertiary/aromatic N) is 2. The maximum Gasteiger partial charge on any atom is 0.317 e. The molecule has 4 nitrogen and oxygen atoms in total. The molecule has 1 fully saturated rings. The van der Waals surface area contributed by atoms with E-state index in [0.29, 0.717) is 18.7 Å². The van der Waals surface area contributed by atoms with Gasteiger partial charge >= 0.3 is 6.03 Å². The van der Waals surface area contributed by atoms with Crippen LogP contribution in [0.4, 0.5) is 9.18 Å². The number of benzene rings is 2. The minimum absolute atomic E-state index is 0.148. The van der Waals surface area contributed by atoms with Crippen molar-refractivity contribution in [2.75, 3.05) is 26.2 Å². The molecule has 0 unspecified atom stereocenters. The lowest BCUT2D eigenvalue weighted by molar-refractivity contribution is 0.135. The van der Waals surface area contributed by atoms with Crippen molar-refractivity contribution in [1.29, 1.82) is 0 Å². The molecule has 0 bridgehead atoms. The zero-order valence-corrected chi connectivity index (χ0v) is 14.7. The third kappa shape index (κ3) is 4.94. The van der Waals surface area contributed by atoms with Crippen LogP contribution < -0.4 is 5.32 Å². The van der Waals surface area contributed by atoms with Crippen molar-refractivity contribution < 1.29 is 9.18 Å². The summed E-state index contributed by atoms with van der Waals surface area (Å²) < 4.78 is 13.6. The fraction of sp³-hybridized carbons (Fsp3) is 0.316. The first kappa shape index (κ1) is 17.7. The van der Waals surface area contributed by atoms with E-state index in [1.165, 1.54) is 11.6 Å². The Labute approximate surface area is 152 Å². The van der Waals surface area contributed by atoms with E-state index in [-0.39, 0.29) is 18.4 Å². The zero-order valence-electron chi connectivity index (χ0n) is 13.9. The SMILES string of the molecule is O=C(NCc1ccccc1F)N1CCN(Cc2cccc(Cl)c2)CC1. The smallest absolute Gasteiger partial charge is 0.317 e. The normalized spacial score (nSPS) is 15.2. The average Bonchev–Trinajstić information content (AvgIpc) is 2.61. The molecule has 1 N–H and O–H groups in total. The fourth-order valence-electron chi connectivity index (χ4n) is 2.93. The predicted molar refractivity (Wildman–Crippen MR) is 96.9 cm³/mol. The largest absolute Gasteiger partial charge is 0.334 e. The van der Waals surface area contributed by atoms with Gasteiger partial charge in [-0.25, -0.2) is 9.18 Å². The highest BCUT2D eigenvalue weighted by Crippen LogP contribution is 2.14. The van der Waals surface area contributed by atoms with Crippen LogP contribution in [0.25, 0.3) is 0 Å². The van der Waals surface area contributed by atoms with Crippen molar-refractivity contribution in [2.45, 2.75) is 13.1 Å². The lowest BCUT2D eigenvalue weighted by atomic mass is 10.2. The Bertz CT molecular complexity index is 732. The van der Waals surface area contributed by atoms with Crippen molar-refractivity contribution in [3.05, 3.63) is 70.5 Å². The van der Waals surface area contributed by atoms with E-state index < -0.39 is 0 Å². The number of hydrogen-bond acceptors (Lipinski definition) is 2. The van der Waals surface area contributed by atoms with Gasteiger partial charge in [0, 0.05) is 49.9 Å². The molecule has 132 valence electrons. The molecule has 2 aromatic carbocycles. The molecule has 0 aromatic heterocycles. The Morgan fingerprint density at radius 1 is 1.08 bits per heavy atom. The van der Waals surface area contributed by atoms with Crippen LogP contribution in [0.2, 0.25) is 5.02 Å². The molecule has 25 heavy (non-hydrogen) atoms. The molecule has 0 saturated carbocycles. The van der Waals surface area contributed by atoms with Gasteiger partial charge in [-0.1, -0.05) is 41.9 Å². The van der Waals surface area contributed by atoms with Crippen LogP contribution >= 0.6 is 11.6 Å². The molecule has 3 rings (SSSR count). The van der Waals surface area contributed by atoms with E-state index in [1.54, 1.807) is 23.1 Å². The number of amides is 2. The van der Waals surface area contributed by atoms with Gasteiger partial charge in [0.15, 0.2) is 0 Å². The van der Waals surface area contributed by atoms with Crippen molar-refractivity contribution in [3.63, 3.8) is 0 Å². The Hall–Kier alpha value is -2.11. The quantitative estimate of drug-likeness (QED) is 0.904. The molecule has 0 radical (unpaired) electrons. The maximum absolute atomic E-state index is 13.6. The molecule has 0 spiro atoms. The predicted octanol–water partition coefficient (Wildman–Crippen LogP) is 3.51. The van der Waals surface area contributed by atoms with Crippen molar-refractivity contribution in [1.82, 2.24) is 15.1 Å². The fourth-order valence-corrected chi connectivity index (χ4v) is 3.14. The molecular weight excluding hydrogens is 341 g/mol. The van der Waals surface area contributed by atoms with Crippen LogP contribution in [0.5, 0.6) is 0 Å². The van der Waals surface area contributed by atoms with Gasteiger partial charge in [-0.05, 0) is 23.8 Å². The highest BCUT2D eigenvalue weighted by molar-refractivity contribution is 6.30. The van der Waals surface area contributed by atoms with Gasteiger partial charge in [-0.3, -0.25) is 4.90 Å². The first-order valence-electron chi connectivity index (χ1n) is 8.35. The summed E-state index contributed by atoms with van der Waals surface area (Å²) >= 11 is 6.02. The van der Waals surface area contributed by atoms with Crippen molar-refractivity contribution >= 4 is 17.6 Å². The van der Waals surface area contributed by atoms with Crippen molar-refractivity contribution in [2.24, 2.45) is 0 Å². The molecule has 2 amide bonds. The van der Waals surface area contributed by atoms with E-state index >= 15 is 0 Å². The summed E-state index contributed by atoms with van der Waals surface area (Å²) in [6.45, 7) is 3.95. The summed E-state index contributed by atoms with van der Waals surface area (Å²) in [5.41, 5.74) is 1.67. The van der Waals surface area contributed by atoms with Crippen LogP contribution in [-0.2, 0) is 13.1 Å². The average molecular weight is 362 g/mol. The summed E-state index contributed by atoms with van der Waals surface area (Å²) in [7, 11) is 0. The lowest BCUT2D eigenvalue weighted by Crippen LogP contribution is -2.51. The number of nitrogens with one attached hydrogen (secondary N) is 1. The second-order valence-corrected chi connectivity index (χ2v) is 6.58. The summed E-state index contributed by atoms with van der Waals surface area (Å²) in [5.74, 6) is -0.297. The van der Waals surface area contributed by atoms with Crippen LogP contribution in [0.3, 0.4) is 0 Å². The van der Waals surface area contributed by atoms with Crippen LogP contribution in [0.1, 0.15) is 11.1 Å². The van der Waals surface area contributed by atoms with Gasteiger partial charge in [0.25, 0.3) is 0 Å². The minimum Gasteiger partial charge on any atom is -0.334 e. The Balaban J connectivity index is 1.45. The molecule has 1 saturated heterocycles. The van der Waals surface area contributed by atoms with Gasteiger partial charge in [-0.2, -0.15) is 0 Å². The summed E-state index contributed by atoms with van der Waals surface area (Å²) in [5, 5.41) is 3.53. The number of rotatable bonds is 4. The third-order valence-electron chi connectivity index (χ3n) is 4.34. The number of piperazine rings is 1. The summed E-state index contributed by atoms with van der Waals surface area (Å²) in [6.07, 6.45) is 0. The molecular formula is C19H21ClFN3O. The van der Waals surface area contributed by atoms with Gasteiger partial charge in [0.1, 0.15) is 5.82 Å². The molecule has 1 heterocycles. The van der Waals surface area contributed by atoms with Crippen LogP contribution in [0, 0.1) is 5.82 Å². The number of halogens is 2. The monoisotopic (exact) mass is 361 g/mol. The second-order valence-electron chi connectivity index (χ2n) is 6.14. The zero-order chi connectivity index (χ0) is 17.6. The topological polar surface area (TPSA) is 35.6 Å². The highest BCUT2D eigenvalue weighted by Gasteiger charge is 2.21. The molecule has 1 aliphatic heterocycles. The Kier molecular flexibility index (Phi) is 5.89. The molecule has 0 aliphatic carbocycles. The molecule has 2 aromatic rings. The van der Waals surface area contributed by atoms with Gasteiger partial charge in [-0.15, -0.1) is 0 Å². The minimum atomic E-state index is -0.297. The van der Waals surface area contributed by atoms with E-state index in [2.05, 4.69) is 16.3 Å². The van der Waals surface area contributed by atoms with E-state index in [0.717, 1.165) is 24.7 Å². The van der Waals surface area contributed by atoms with Gasteiger partial charge in [0.2, 0.25) is 0 Å². The molecule has 6 heteroatoms. The standard InChI is InChI=1S/C19H21ClFN3O/c20-17-6-3-4-15(12-17)14-23-8-10-24(11-9-23)19(25)22-13-16-5-1-2-7-18(16)21/h1-7,12H,8-11,13-14H2,(H,22,25). The highest BCUT2D eigenvalue weighted by atomic mass is 35.5. The van der Waals surface area contributed by atoms with Crippen LogP contribution in [-0.4, -0.2) is 42.0 Å². The molecule has 0 atom stereocenters. The summed E-state index contributed by atoms with van der Waals surface area (Å²) in [4.78, 5) is 16.3. The first-order chi connectivity index (χ1) is 12.1. The van der Waals surface area contributed by atoms with E-state index in [4.69, 9.17) is 11.6 Å². The second kappa shape index (κ2) is 8.32. The number of carbonyl (C=O) groups excluding carboxylic acids is 1. The Morgan fingerprint density at radius 3 is 2.56 bits per heavy atom. The number of urea groups is 1. The maximum atomic E-state index is 13.6. The lowest BCUT2D eigenvalue weighted by Gasteiger charge is -2.34. The van der Waals surface area contributed by atoms with Gasteiger partial charge in [0.05, 0.1) is 0 Å². The van der Waals surface area contributed by atoms with E-state index in [1.807, 2.05) is 18.2 Å². The first-order valence-corrected chi connectivity index (χ1v) is 8.72. The van der Waals surface area contributed by atoms with Gasteiger partial charge < -0.3 is 10.2 Å². The summed E-state index contributed by atoms with van der Waals surface area (Å²) in [6, 6.07) is 14.2. The van der Waals surface area contributed by atoms with Crippen LogP contribution in [0.15, 0.2) is 48.5 Å². The molecule has 1 aliphatic rings. The number of carbonyl (C=O) groups is 1. The van der Waals surface area contributed by atoms with E-state index in [9.17, 15) is 9.18 Å². The number of hydrogen-bond donors (Lipinski definition) is 1. The third-order valence-corrected chi connectivity index (χ3v) is 4.58. The van der Waals surface area contributed by atoms with Crippen molar-refractivity contribution in [3.8, 4) is 0 Å². The Morgan fingerprint density at radius 2 is 1.84 bits per heavy atom.